The van der Waals surface area contributed by atoms with E-state index in [1.165, 1.54) is 0 Å². The first kappa shape index (κ1) is 32.5. The largest absolute Gasteiger partial charge is 0.481 e. The van der Waals surface area contributed by atoms with E-state index < -0.39 is 77.5 Å². The zero-order valence-corrected chi connectivity index (χ0v) is 24.8. The van der Waals surface area contributed by atoms with Gasteiger partial charge < -0.3 is 50.7 Å². The minimum Gasteiger partial charge on any atom is -0.481 e. The quantitative estimate of drug-likeness (QED) is 0.167. The van der Waals surface area contributed by atoms with Crippen LogP contribution in [0.15, 0.2) is 0 Å². The number of carboxylic acids is 1. The van der Waals surface area contributed by atoms with Gasteiger partial charge in [-0.05, 0) is 91.3 Å². The fraction of sp³-hybridized carbons (Fsp3) is 0.967. The summed E-state index contributed by atoms with van der Waals surface area (Å²) in [5.41, 5.74) is 1.79. The maximum atomic E-state index is 12.2. The highest BCUT2D eigenvalue weighted by Gasteiger charge is 2.74. The zero-order chi connectivity index (χ0) is 31.2. The lowest BCUT2D eigenvalue weighted by atomic mass is 9.40. The van der Waals surface area contributed by atoms with E-state index in [1.807, 2.05) is 13.8 Å². The predicted molar refractivity (Wildman–Crippen MR) is 147 cm³/mol. The minimum atomic E-state index is -2.86. The van der Waals surface area contributed by atoms with Crippen molar-refractivity contribution in [2.75, 3.05) is 6.61 Å². The van der Waals surface area contributed by atoms with Crippen LogP contribution in [0.25, 0.3) is 0 Å². The molecule has 12 nitrogen and oxygen atoms in total. The highest BCUT2D eigenvalue weighted by atomic mass is 16.7. The first-order chi connectivity index (χ1) is 19.5. The predicted octanol–water partition coefficient (Wildman–Crippen LogP) is -0.876. The van der Waals surface area contributed by atoms with E-state index in [9.17, 15) is 50.8 Å². The molecule has 0 amide bonds. The van der Waals surface area contributed by atoms with Crippen LogP contribution in [0.4, 0.5) is 0 Å². The molecule has 4 aliphatic carbocycles. The summed E-state index contributed by atoms with van der Waals surface area (Å²) in [6.45, 7) is 5.23. The van der Waals surface area contributed by atoms with Gasteiger partial charge in [-0.2, -0.15) is 0 Å². The van der Waals surface area contributed by atoms with Crippen molar-refractivity contribution < 1.29 is 55.5 Å². The number of rotatable bonds is 6. The summed E-state index contributed by atoms with van der Waals surface area (Å²) in [7, 11) is 0. The van der Waals surface area contributed by atoms with Crippen LogP contribution < -0.4 is 5.73 Å². The van der Waals surface area contributed by atoms with Crippen LogP contribution in [-0.4, -0.2) is 107 Å². The molecule has 17 atom stereocenters. The third kappa shape index (κ3) is 4.43. The molecule has 5 rings (SSSR count). The van der Waals surface area contributed by atoms with Crippen molar-refractivity contribution in [3.8, 4) is 0 Å². The molecule has 11 N–H and O–H groups in total. The van der Waals surface area contributed by atoms with Gasteiger partial charge in [-0.25, -0.2) is 0 Å². The van der Waals surface area contributed by atoms with Crippen LogP contribution in [0, 0.1) is 52.3 Å². The summed E-state index contributed by atoms with van der Waals surface area (Å²) in [6, 6.07) is 0. The maximum Gasteiger partial charge on any atom is 0.303 e. The van der Waals surface area contributed by atoms with E-state index in [0.29, 0.717) is 19.3 Å². The number of nitrogens with two attached hydrogens (primary N) is 1. The average Bonchev–Trinajstić information content (AvgIpc) is 3.28. The van der Waals surface area contributed by atoms with Crippen LogP contribution in [0.1, 0.15) is 72.1 Å². The number of fused-ring (bicyclic) bond motifs is 5. The van der Waals surface area contributed by atoms with E-state index in [0.717, 1.165) is 12.8 Å². The third-order valence-electron chi connectivity index (χ3n) is 13.2. The summed E-state index contributed by atoms with van der Waals surface area (Å²) < 4.78 is 5.79. The molecule has 1 heterocycles. The van der Waals surface area contributed by atoms with Crippen molar-refractivity contribution in [2.45, 2.75) is 120 Å². The Hall–Kier alpha value is -0.930. The number of ether oxygens (including phenoxy) is 1. The van der Waals surface area contributed by atoms with E-state index >= 15 is 0 Å². The Balaban J connectivity index is 1.55. The van der Waals surface area contributed by atoms with Gasteiger partial charge in [0.15, 0.2) is 5.72 Å². The topological polar surface area (TPSA) is 234 Å². The fourth-order valence-corrected chi connectivity index (χ4v) is 11.0. The molecule has 5 aliphatic rings. The molecule has 4 saturated carbocycles. The lowest BCUT2D eigenvalue weighted by Gasteiger charge is -2.68. The van der Waals surface area contributed by atoms with Gasteiger partial charge in [-0.15, -0.1) is 0 Å². The Kier molecular flexibility index (Phi) is 8.39. The Morgan fingerprint density at radius 1 is 0.976 bits per heavy atom. The summed E-state index contributed by atoms with van der Waals surface area (Å²) in [4.78, 5) is 11.3. The average molecular weight is 602 g/mol. The first-order valence-electron chi connectivity index (χ1n) is 15.6. The second-order valence-electron chi connectivity index (χ2n) is 14.8. The number of carbonyl (C=O) groups is 1. The van der Waals surface area contributed by atoms with Crippen LogP contribution in [0.3, 0.4) is 0 Å². The van der Waals surface area contributed by atoms with Gasteiger partial charge in [-0.1, -0.05) is 20.8 Å². The first-order valence-corrected chi connectivity index (χ1v) is 15.6. The van der Waals surface area contributed by atoms with Crippen LogP contribution in [-0.2, 0) is 9.53 Å². The second kappa shape index (κ2) is 10.9. The number of hydrogen-bond acceptors (Lipinski definition) is 11. The molecule has 42 heavy (non-hydrogen) atoms. The van der Waals surface area contributed by atoms with Gasteiger partial charge in [0.25, 0.3) is 0 Å². The monoisotopic (exact) mass is 601 g/mol. The molecule has 0 aromatic rings. The van der Waals surface area contributed by atoms with Crippen molar-refractivity contribution in [2.24, 2.45) is 58.0 Å². The smallest absolute Gasteiger partial charge is 0.303 e. The zero-order valence-electron chi connectivity index (χ0n) is 24.8. The number of hydrogen-bond donors (Lipinski definition) is 10. The standard InChI is InChI=1S/C30H51NO11/c1-13(4-7-23(36)37)16-5-6-17-24-18(11-22(35)28(16,17)3)27(2)14(9-19(24)34)8-15(33)10-21(27)30(41)29(31,40)26(39)25(38)20(12-32)42-30/h13-22,24-26,32-35,38-41H,4-12,31H2,1-3H3,(H,36,37)/t13?,14?,15?,16?,17?,18?,19?,20-,21?,22?,24?,25-,26+,27?,28?,29-,30?/m1/s1. The Morgan fingerprint density at radius 3 is 2.26 bits per heavy atom. The molecule has 0 aromatic heterocycles. The van der Waals surface area contributed by atoms with Crippen molar-refractivity contribution >= 4 is 5.97 Å². The highest BCUT2D eigenvalue weighted by Crippen LogP contribution is 2.71. The second-order valence-corrected chi connectivity index (χ2v) is 14.8. The van der Waals surface area contributed by atoms with Gasteiger partial charge in [0.2, 0.25) is 5.79 Å². The molecule has 1 aliphatic heterocycles. The van der Waals surface area contributed by atoms with Crippen molar-refractivity contribution in [1.29, 1.82) is 0 Å². The lowest BCUT2D eigenvalue weighted by molar-refractivity contribution is -0.426. The summed E-state index contributed by atoms with van der Waals surface area (Å²) in [5, 5.41) is 98.5. The maximum absolute atomic E-state index is 12.2. The molecule has 1 saturated heterocycles. The number of aliphatic hydroxyl groups excluding tert-OH is 6. The van der Waals surface area contributed by atoms with E-state index in [4.69, 9.17) is 10.5 Å². The van der Waals surface area contributed by atoms with Gasteiger partial charge >= 0.3 is 5.97 Å². The lowest BCUT2D eigenvalue weighted by Crippen LogP contribution is -2.81. The number of aliphatic hydroxyl groups is 8. The van der Waals surface area contributed by atoms with Gasteiger partial charge in [0, 0.05) is 12.3 Å². The van der Waals surface area contributed by atoms with Crippen LogP contribution in [0.5, 0.6) is 0 Å². The molecule has 0 bridgehead atoms. The normalized spacial score (nSPS) is 56.7. The molecule has 242 valence electrons. The summed E-state index contributed by atoms with van der Waals surface area (Å²) >= 11 is 0. The number of carboxylic acid groups (broad SMARTS) is 1. The summed E-state index contributed by atoms with van der Waals surface area (Å²) in [6.07, 6.45) is -4.90. The fourth-order valence-electron chi connectivity index (χ4n) is 11.0. The van der Waals surface area contributed by atoms with Crippen molar-refractivity contribution in [3.63, 3.8) is 0 Å². The Labute approximate surface area is 246 Å². The van der Waals surface area contributed by atoms with Gasteiger partial charge in [-0.3, -0.25) is 10.5 Å². The molecule has 0 aromatic carbocycles. The molecule has 0 radical (unpaired) electrons. The van der Waals surface area contributed by atoms with E-state index in [-0.39, 0.29) is 54.8 Å². The minimum absolute atomic E-state index is 0.0446. The SMILES string of the molecule is CC(CCC(=O)O)C1CCC2C3C(O)CC4CC(O)CC(C5(O)O[C@H](CO)[C@@H](O)[C@H](O)[C@@]5(N)O)C4(C)C3CC(O)C12C. The van der Waals surface area contributed by atoms with Crippen LogP contribution >= 0.6 is 0 Å². The molecule has 5 fully saturated rings. The molecule has 12 heteroatoms. The third-order valence-corrected chi connectivity index (χ3v) is 13.2. The van der Waals surface area contributed by atoms with Gasteiger partial charge in [0.1, 0.15) is 18.3 Å². The Bertz CT molecular complexity index is 1030. The van der Waals surface area contributed by atoms with E-state index in [1.54, 1.807) is 0 Å². The Morgan fingerprint density at radius 2 is 1.64 bits per heavy atom. The van der Waals surface area contributed by atoms with Crippen molar-refractivity contribution in [1.82, 2.24) is 0 Å². The molecular formula is C30H51NO11. The molecule has 0 spiro atoms. The van der Waals surface area contributed by atoms with E-state index in [2.05, 4.69) is 6.92 Å². The molecular weight excluding hydrogens is 550 g/mol. The molecule has 13 unspecified atom stereocenters. The van der Waals surface area contributed by atoms with Crippen LogP contribution in [0.2, 0.25) is 0 Å². The van der Waals surface area contributed by atoms with Gasteiger partial charge in [0.05, 0.1) is 24.9 Å². The summed E-state index contributed by atoms with van der Waals surface area (Å²) in [5.74, 6) is -5.66. The number of aliphatic carboxylic acids is 1. The highest BCUT2D eigenvalue weighted by molar-refractivity contribution is 5.66. The van der Waals surface area contributed by atoms with Crippen molar-refractivity contribution in [3.05, 3.63) is 0 Å².